The molecular weight excluding hydrogens is 126 g/mol. The van der Waals surface area contributed by atoms with Crippen molar-refractivity contribution in [3.05, 3.63) is 0 Å². The van der Waals surface area contributed by atoms with Crippen LogP contribution in [0.3, 0.4) is 0 Å². The lowest BCUT2D eigenvalue weighted by Gasteiger charge is -2.03. The first-order valence-corrected chi connectivity index (χ1v) is 4.07. The zero-order chi connectivity index (χ0) is 7.66. The van der Waals surface area contributed by atoms with Gasteiger partial charge in [-0.2, -0.15) is 0 Å². The van der Waals surface area contributed by atoms with Crippen LogP contribution in [0.1, 0.15) is 26.2 Å². The molecule has 0 fully saturated rings. The molecule has 0 spiro atoms. The van der Waals surface area contributed by atoms with Crippen molar-refractivity contribution >= 4 is 0 Å². The summed E-state index contributed by atoms with van der Waals surface area (Å²) in [6.07, 6.45) is 3.51. The van der Waals surface area contributed by atoms with Gasteiger partial charge in [0.05, 0.1) is 0 Å². The van der Waals surface area contributed by atoms with Gasteiger partial charge in [0, 0.05) is 13.1 Å². The van der Waals surface area contributed by atoms with Crippen LogP contribution in [-0.4, -0.2) is 19.6 Å². The van der Waals surface area contributed by atoms with E-state index in [9.17, 15) is 0 Å². The quantitative estimate of drug-likeness (QED) is 0.355. The zero-order valence-corrected chi connectivity index (χ0v) is 6.82. The second-order valence-corrected chi connectivity index (χ2v) is 2.35. The van der Waals surface area contributed by atoms with Crippen LogP contribution in [0.2, 0.25) is 0 Å². The van der Waals surface area contributed by atoms with Crippen LogP contribution in [0.5, 0.6) is 0 Å². The van der Waals surface area contributed by atoms with E-state index in [4.69, 9.17) is 5.73 Å². The van der Waals surface area contributed by atoms with Crippen LogP contribution in [0.4, 0.5) is 0 Å². The highest BCUT2D eigenvalue weighted by molar-refractivity contribution is 4.43. The van der Waals surface area contributed by atoms with Gasteiger partial charge in [-0.15, -0.1) is 0 Å². The lowest BCUT2D eigenvalue weighted by molar-refractivity contribution is 0.510. The number of hydrogen-bond acceptors (Lipinski definition) is 3. The van der Waals surface area contributed by atoms with Crippen molar-refractivity contribution < 1.29 is 0 Å². The highest BCUT2D eigenvalue weighted by atomic mass is 15.3. The molecule has 3 nitrogen and oxygen atoms in total. The average Bonchev–Trinajstić information content (AvgIpc) is 1.97. The van der Waals surface area contributed by atoms with E-state index in [0.717, 1.165) is 26.1 Å². The van der Waals surface area contributed by atoms with Gasteiger partial charge >= 0.3 is 0 Å². The summed E-state index contributed by atoms with van der Waals surface area (Å²) in [5.74, 6) is 0. The van der Waals surface area contributed by atoms with E-state index in [-0.39, 0.29) is 0 Å². The Morgan fingerprint density at radius 2 is 1.70 bits per heavy atom. The maximum Gasteiger partial charge on any atom is 0.0112 e. The SMILES string of the molecule is CCCCNNCCCN. The van der Waals surface area contributed by atoms with Gasteiger partial charge in [-0.05, 0) is 19.4 Å². The Morgan fingerprint density at radius 3 is 2.20 bits per heavy atom. The molecule has 0 unspecified atom stereocenters. The van der Waals surface area contributed by atoms with Gasteiger partial charge in [-0.1, -0.05) is 13.3 Å². The molecule has 0 aliphatic heterocycles. The lowest BCUT2D eigenvalue weighted by Crippen LogP contribution is -2.34. The fraction of sp³-hybridized carbons (Fsp3) is 1.00. The minimum atomic E-state index is 0.766. The molecule has 0 bridgehead atoms. The maximum atomic E-state index is 5.30. The normalized spacial score (nSPS) is 10.2. The molecule has 10 heavy (non-hydrogen) atoms. The topological polar surface area (TPSA) is 50.1 Å². The van der Waals surface area contributed by atoms with E-state index in [1.807, 2.05) is 0 Å². The molecule has 0 amide bonds. The minimum absolute atomic E-state index is 0.766. The molecule has 0 radical (unpaired) electrons. The number of hydrazine groups is 1. The predicted molar refractivity (Wildman–Crippen MR) is 44.6 cm³/mol. The Hall–Kier alpha value is -0.120. The van der Waals surface area contributed by atoms with Crippen LogP contribution in [0.15, 0.2) is 0 Å². The third-order valence-corrected chi connectivity index (χ3v) is 1.29. The molecular formula is C7H19N3. The van der Waals surface area contributed by atoms with Crippen molar-refractivity contribution in [2.24, 2.45) is 5.73 Å². The van der Waals surface area contributed by atoms with Gasteiger partial charge < -0.3 is 5.73 Å². The summed E-state index contributed by atoms with van der Waals surface area (Å²) >= 11 is 0. The number of unbranched alkanes of at least 4 members (excludes halogenated alkanes) is 1. The number of hydrogen-bond donors (Lipinski definition) is 3. The molecule has 3 heteroatoms. The van der Waals surface area contributed by atoms with Crippen molar-refractivity contribution in [3.8, 4) is 0 Å². The fourth-order valence-corrected chi connectivity index (χ4v) is 0.632. The van der Waals surface area contributed by atoms with Crippen LogP contribution in [-0.2, 0) is 0 Å². The first-order chi connectivity index (χ1) is 4.91. The van der Waals surface area contributed by atoms with E-state index in [0.29, 0.717) is 0 Å². The second-order valence-electron chi connectivity index (χ2n) is 2.35. The third kappa shape index (κ3) is 7.88. The smallest absolute Gasteiger partial charge is 0.0112 e. The lowest BCUT2D eigenvalue weighted by atomic mass is 10.3. The highest BCUT2D eigenvalue weighted by Crippen LogP contribution is 1.80. The van der Waals surface area contributed by atoms with Crippen LogP contribution in [0, 0.1) is 0 Å². The summed E-state index contributed by atoms with van der Waals surface area (Å²) in [6, 6.07) is 0. The van der Waals surface area contributed by atoms with E-state index in [1.54, 1.807) is 0 Å². The van der Waals surface area contributed by atoms with Gasteiger partial charge in [0.15, 0.2) is 0 Å². The van der Waals surface area contributed by atoms with Crippen molar-refractivity contribution in [2.75, 3.05) is 19.6 Å². The van der Waals surface area contributed by atoms with Gasteiger partial charge in [0.1, 0.15) is 0 Å². The number of rotatable bonds is 7. The van der Waals surface area contributed by atoms with Crippen molar-refractivity contribution in [3.63, 3.8) is 0 Å². The minimum Gasteiger partial charge on any atom is -0.330 e. The standard InChI is InChI=1S/C7H19N3/c1-2-3-6-9-10-7-4-5-8/h9-10H,2-8H2,1H3. The van der Waals surface area contributed by atoms with Gasteiger partial charge in [-0.25, -0.2) is 0 Å². The summed E-state index contributed by atoms with van der Waals surface area (Å²) in [5.41, 5.74) is 11.5. The zero-order valence-electron chi connectivity index (χ0n) is 6.82. The molecule has 4 N–H and O–H groups in total. The Kier molecular flexibility index (Phi) is 8.77. The molecule has 0 saturated heterocycles. The highest BCUT2D eigenvalue weighted by Gasteiger charge is 1.83. The van der Waals surface area contributed by atoms with E-state index in [1.165, 1.54) is 12.8 Å². The second kappa shape index (κ2) is 8.88. The summed E-state index contributed by atoms with van der Waals surface area (Å²) in [6.45, 7) is 4.98. The van der Waals surface area contributed by atoms with Crippen molar-refractivity contribution in [1.82, 2.24) is 10.9 Å². The molecule has 0 aromatic heterocycles. The Bertz CT molecular complexity index is 48.8. The van der Waals surface area contributed by atoms with Gasteiger partial charge in [0.25, 0.3) is 0 Å². The fourth-order valence-electron chi connectivity index (χ4n) is 0.632. The van der Waals surface area contributed by atoms with Crippen molar-refractivity contribution in [2.45, 2.75) is 26.2 Å². The Morgan fingerprint density at radius 1 is 1.10 bits per heavy atom. The van der Waals surface area contributed by atoms with Crippen LogP contribution < -0.4 is 16.6 Å². The first-order valence-electron chi connectivity index (χ1n) is 4.07. The van der Waals surface area contributed by atoms with Gasteiger partial charge in [0.2, 0.25) is 0 Å². The largest absolute Gasteiger partial charge is 0.330 e. The number of nitrogens with one attached hydrogen (secondary N) is 2. The Balaban J connectivity index is 2.65. The molecule has 0 rings (SSSR count). The third-order valence-electron chi connectivity index (χ3n) is 1.29. The Labute approximate surface area is 63.3 Å². The maximum absolute atomic E-state index is 5.30. The predicted octanol–water partition coefficient (Wildman–Crippen LogP) is 0.230. The molecule has 0 heterocycles. The van der Waals surface area contributed by atoms with Crippen LogP contribution >= 0.6 is 0 Å². The molecule has 0 saturated carbocycles. The van der Waals surface area contributed by atoms with E-state index < -0.39 is 0 Å². The summed E-state index contributed by atoms with van der Waals surface area (Å²) in [7, 11) is 0. The van der Waals surface area contributed by atoms with Crippen LogP contribution in [0.25, 0.3) is 0 Å². The van der Waals surface area contributed by atoms with E-state index >= 15 is 0 Å². The molecule has 0 aromatic carbocycles. The average molecular weight is 145 g/mol. The summed E-state index contributed by atoms with van der Waals surface area (Å²) < 4.78 is 0. The first kappa shape index (κ1) is 9.88. The number of nitrogens with two attached hydrogens (primary N) is 1. The van der Waals surface area contributed by atoms with Gasteiger partial charge in [-0.3, -0.25) is 10.9 Å². The molecule has 0 atom stereocenters. The molecule has 62 valence electrons. The van der Waals surface area contributed by atoms with E-state index in [2.05, 4.69) is 17.8 Å². The molecule has 0 aromatic rings. The summed E-state index contributed by atoms with van der Waals surface area (Å²) in [4.78, 5) is 0. The molecule has 0 aliphatic rings. The summed E-state index contributed by atoms with van der Waals surface area (Å²) in [5, 5.41) is 0. The monoisotopic (exact) mass is 145 g/mol. The van der Waals surface area contributed by atoms with Crippen molar-refractivity contribution in [1.29, 1.82) is 0 Å². The molecule has 0 aliphatic carbocycles.